The molecule has 1 saturated carbocycles. The van der Waals surface area contributed by atoms with Crippen molar-refractivity contribution in [2.24, 2.45) is 11.8 Å². The minimum Gasteiger partial charge on any atom is -0.313 e. The zero-order valence-electron chi connectivity index (χ0n) is 12.1. The molecule has 0 bridgehead atoms. The molecule has 1 nitrogen and oxygen atoms in total. The number of hydrogen-bond donors (Lipinski definition) is 1. The smallest absolute Gasteiger partial charge is 0.194 e. The van der Waals surface area contributed by atoms with Crippen molar-refractivity contribution in [2.45, 2.75) is 45.1 Å². The summed E-state index contributed by atoms with van der Waals surface area (Å²) in [6, 6.07) is 2.12. The summed E-state index contributed by atoms with van der Waals surface area (Å²) < 4.78 is 39.9. The second-order valence-electron chi connectivity index (χ2n) is 5.77. The molecular weight excluding hydrogens is 263 g/mol. The molecule has 1 aliphatic rings. The molecule has 1 fully saturated rings. The van der Waals surface area contributed by atoms with E-state index >= 15 is 0 Å². The van der Waals surface area contributed by atoms with E-state index in [2.05, 4.69) is 12.2 Å². The summed E-state index contributed by atoms with van der Waals surface area (Å²) in [6.45, 7) is 2.18. The SMILES string of the molecule is CCC1CCCC(C(NC)c2cc(F)c(F)c(F)c2)C1. The van der Waals surface area contributed by atoms with Crippen molar-refractivity contribution in [3.8, 4) is 0 Å². The van der Waals surface area contributed by atoms with Crippen LogP contribution in [0.4, 0.5) is 13.2 Å². The van der Waals surface area contributed by atoms with Gasteiger partial charge >= 0.3 is 0 Å². The summed E-state index contributed by atoms with van der Waals surface area (Å²) in [6.07, 6.45) is 5.62. The number of nitrogens with one attached hydrogen (secondary N) is 1. The van der Waals surface area contributed by atoms with Gasteiger partial charge < -0.3 is 5.32 Å². The third kappa shape index (κ3) is 3.17. The summed E-state index contributed by atoms with van der Waals surface area (Å²) >= 11 is 0. The Morgan fingerprint density at radius 2 is 1.85 bits per heavy atom. The van der Waals surface area contributed by atoms with Gasteiger partial charge in [-0.2, -0.15) is 0 Å². The van der Waals surface area contributed by atoms with Crippen molar-refractivity contribution in [1.82, 2.24) is 5.32 Å². The first-order valence-corrected chi connectivity index (χ1v) is 7.38. The van der Waals surface area contributed by atoms with Crippen molar-refractivity contribution >= 4 is 0 Å². The monoisotopic (exact) mass is 285 g/mol. The Morgan fingerprint density at radius 3 is 2.40 bits per heavy atom. The Bertz CT molecular complexity index is 438. The third-order valence-corrected chi connectivity index (χ3v) is 4.55. The molecule has 0 radical (unpaired) electrons. The van der Waals surface area contributed by atoms with E-state index in [4.69, 9.17) is 0 Å². The van der Waals surface area contributed by atoms with Crippen LogP contribution >= 0.6 is 0 Å². The Balaban J connectivity index is 2.23. The molecule has 20 heavy (non-hydrogen) atoms. The molecule has 1 N–H and O–H groups in total. The topological polar surface area (TPSA) is 12.0 Å². The normalized spacial score (nSPS) is 24.6. The minimum absolute atomic E-state index is 0.117. The van der Waals surface area contributed by atoms with Crippen LogP contribution in [0.25, 0.3) is 0 Å². The standard InChI is InChI=1S/C16H22F3N/c1-3-10-5-4-6-11(7-10)16(20-2)12-8-13(17)15(19)14(18)9-12/h8-11,16,20H,3-7H2,1-2H3. The van der Waals surface area contributed by atoms with E-state index in [9.17, 15) is 13.2 Å². The Hall–Kier alpha value is -1.03. The number of rotatable bonds is 4. The maximum absolute atomic E-state index is 13.4. The van der Waals surface area contributed by atoms with E-state index in [-0.39, 0.29) is 6.04 Å². The van der Waals surface area contributed by atoms with Crippen LogP contribution in [0.2, 0.25) is 0 Å². The molecule has 2 rings (SSSR count). The molecule has 0 spiro atoms. The molecule has 3 unspecified atom stereocenters. The molecule has 1 aromatic rings. The van der Waals surface area contributed by atoms with Crippen molar-refractivity contribution < 1.29 is 13.2 Å². The van der Waals surface area contributed by atoms with Crippen molar-refractivity contribution in [3.05, 3.63) is 35.1 Å². The van der Waals surface area contributed by atoms with E-state index in [1.807, 2.05) is 0 Å². The molecule has 4 heteroatoms. The minimum atomic E-state index is -1.39. The molecule has 0 aliphatic heterocycles. The highest BCUT2D eigenvalue weighted by atomic mass is 19.2. The van der Waals surface area contributed by atoms with Gasteiger partial charge in [0.25, 0.3) is 0 Å². The zero-order chi connectivity index (χ0) is 14.7. The largest absolute Gasteiger partial charge is 0.313 e. The van der Waals surface area contributed by atoms with Gasteiger partial charge in [0.05, 0.1) is 0 Å². The van der Waals surface area contributed by atoms with Gasteiger partial charge in [-0.05, 0) is 49.4 Å². The lowest BCUT2D eigenvalue weighted by Crippen LogP contribution is -2.29. The summed E-state index contributed by atoms with van der Waals surface area (Å²) in [4.78, 5) is 0. The van der Waals surface area contributed by atoms with Crippen molar-refractivity contribution in [2.75, 3.05) is 7.05 Å². The van der Waals surface area contributed by atoms with Crippen LogP contribution in [0.15, 0.2) is 12.1 Å². The van der Waals surface area contributed by atoms with E-state index in [0.717, 1.165) is 37.8 Å². The fourth-order valence-corrected chi connectivity index (χ4v) is 3.44. The lowest BCUT2D eigenvalue weighted by molar-refractivity contribution is 0.214. The van der Waals surface area contributed by atoms with E-state index in [0.29, 0.717) is 17.4 Å². The van der Waals surface area contributed by atoms with Gasteiger partial charge in [-0.25, -0.2) is 13.2 Å². The molecule has 3 atom stereocenters. The van der Waals surface area contributed by atoms with Crippen molar-refractivity contribution in [3.63, 3.8) is 0 Å². The predicted molar refractivity (Wildman–Crippen MR) is 73.9 cm³/mol. The number of hydrogen-bond acceptors (Lipinski definition) is 1. The van der Waals surface area contributed by atoms with Crippen LogP contribution in [0.5, 0.6) is 0 Å². The van der Waals surface area contributed by atoms with Gasteiger partial charge in [0, 0.05) is 6.04 Å². The van der Waals surface area contributed by atoms with Crippen LogP contribution < -0.4 is 5.32 Å². The second kappa shape index (κ2) is 6.61. The van der Waals surface area contributed by atoms with Crippen LogP contribution in [-0.2, 0) is 0 Å². The summed E-state index contributed by atoms with van der Waals surface area (Å²) in [5.74, 6) is -2.58. The third-order valence-electron chi connectivity index (χ3n) is 4.55. The molecule has 112 valence electrons. The molecule has 0 saturated heterocycles. The van der Waals surface area contributed by atoms with E-state index in [1.165, 1.54) is 6.42 Å². The van der Waals surface area contributed by atoms with Crippen LogP contribution in [-0.4, -0.2) is 7.05 Å². The fraction of sp³-hybridized carbons (Fsp3) is 0.625. The van der Waals surface area contributed by atoms with Gasteiger partial charge in [0.1, 0.15) is 0 Å². The van der Waals surface area contributed by atoms with Gasteiger partial charge in [-0.1, -0.05) is 26.2 Å². The molecule has 0 amide bonds. The van der Waals surface area contributed by atoms with Crippen LogP contribution in [0.3, 0.4) is 0 Å². The van der Waals surface area contributed by atoms with E-state index in [1.54, 1.807) is 7.05 Å². The lowest BCUT2D eigenvalue weighted by Gasteiger charge is -2.34. The average molecular weight is 285 g/mol. The van der Waals surface area contributed by atoms with Crippen LogP contribution in [0.1, 0.15) is 50.6 Å². The molecular formula is C16H22F3N. The first-order chi connectivity index (χ1) is 9.56. The first-order valence-electron chi connectivity index (χ1n) is 7.38. The molecule has 1 aliphatic carbocycles. The highest BCUT2D eigenvalue weighted by Crippen LogP contribution is 2.38. The fourth-order valence-electron chi connectivity index (χ4n) is 3.44. The van der Waals surface area contributed by atoms with Crippen LogP contribution in [0, 0.1) is 29.3 Å². The maximum atomic E-state index is 13.4. The highest BCUT2D eigenvalue weighted by molar-refractivity contribution is 5.23. The summed E-state index contributed by atoms with van der Waals surface area (Å²) in [5.41, 5.74) is 0.505. The maximum Gasteiger partial charge on any atom is 0.194 e. The summed E-state index contributed by atoms with van der Waals surface area (Å²) in [5, 5.41) is 3.15. The number of halogens is 3. The van der Waals surface area contributed by atoms with E-state index < -0.39 is 17.5 Å². The Kier molecular flexibility index (Phi) is 5.08. The Morgan fingerprint density at radius 1 is 1.20 bits per heavy atom. The van der Waals surface area contributed by atoms with Gasteiger partial charge in [0.2, 0.25) is 0 Å². The number of benzene rings is 1. The van der Waals surface area contributed by atoms with Gasteiger partial charge in [-0.15, -0.1) is 0 Å². The summed E-state index contributed by atoms with van der Waals surface area (Å²) in [7, 11) is 1.79. The predicted octanol–water partition coefficient (Wildman–Crippen LogP) is 4.58. The van der Waals surface area contributed by atoms with Gasteiger partial charge in [0.15, 0.2) is 17.5 Å². The molecule has 1 aromatic carbocycles. The lowest BCUT2D eigenvalue weighted by atomic mass is 9.75. The quantitative estimate of drug-likeness (QED) is 0.798. The van der Waals surface area contributed by atoms with Gasteiger partial charge in [-0.3, -0.25) is 0 Å². The average Bonchev–Trinajstić information content (AvgIpc) is 2.45. The highest BCUT2D eigenvalue weighted by Gasteiger charge is 2.29. The molecule has 0 aromatic heterocycles. The molecule has 0 heterocycles. The van der Waals surface area contributed by atoms with Crippen molar-refractivity contribution in [1.29, 1.82) is 0 Å². The second-order valence-corrected chi connectivity index (χ2v) is 5.77. The Labute approximate surface area is 118 Å². The zero-order valence-corrected chi connectivity index (χ0v) is 12.1. The first kappa shape index (κ1) is 15.4.